The molecule has 3 rings (SSSR count). The second kappa shape index (κ2) is 8.53. The van der Waals surface area contributed by atoms with E-state index in [-0.39, 0.29) is 6.54 Å². The molecule has 1 aromatic heterocycles. The van der Waals surface area contributed by atoms with Crippen molar-refractivity contribution in [2.75, 3.05) is 48.5 Å². The largest absolute Gasteiger partial charge is 0.370 e. The summed E-state index contributed by atoms with van der Waals surface area (Å²) in [5.74, 6) is 0.244. The van der Waals surface area contributed by atoms with Gasteiger partial charge in [0.1, 0.15) is 0 Å². The van der Waals surface area contributed by atoms with Crippen LogP contribution in [-0.4, -0.2) is 61.8 Å². The van der Waals surface area contributed by atoms with E-state index < -0.39 is 15.9 Å². The van der Waals surface area contributed by atoms with Crippen molar-refractivity contribution in [1.82, 2.24) is 14.5 Å². The lowest BCUT2D eigenvalue weighted by Gasteiger charge is -2.17. The van der Waals surface area contributed by atoms with Crippen LogP contribution in [-0.2, 0) is 14.8 Å². The molecular formula is C18H24N6O3S. The first kappa shape index (κ1) is 20.0. The Morgan fingerprint density at radius 3 is 2.46 bits per heavy atom. The Morgan fingerprint density at radius 2 is 1.82 bits per heavy atom. The molecule has 0 radical (unpaired) electrons. The van der Waals surface area contributed by atoms with Gasteiger partial charge in [0, 0.05) is 37.6 Å². The molecule has 0 spiro atoms. The number of sulfonamides is 1. The van der Waals surface area contributed by atoms with Crippen LogP contribution in [0.3, 0.4) is 0 Å². The highest BCUT2D eigenvalue weighted by Crippen LogP contribution is 2.23. The number of rotatable bonds is 7. The van der Waals surface area contributed by atoms with Gasteiger partial charge in [-0.3, -0.25) is 4.79 Å². The van der Waals surface area contributed by atoms with Gasteiger partial charge in [-0.1, -0.05) is 0 Å². The van der Waals surface area contributed by atoms with Crippen LogP contribution in [0.2, 0.25) is 0 Å². The van der Waals surface area contributed by atoms with E-state index in [1.54, 1.807) is 30.5 Å². The molecule has 0 saturated carbocycles. The molecule has 9 nitrogen and oxygen atoms in total. The number of benzene rings is 1. The SMILES string of the molecule is CN(CC(=O)Nc1ccc(Nc2cc(N3CCCC3)cnn2)cc1)S(C)(=O)=O. The van der Waals surface area contributed by atoms with Crippen LogP contribution < -0.4 is 15.5 Å². The van der Waals surface area contributed by atoms with Crippen molar-refractivity contribution in [2.45, 2.75) is 12.8 Å². The van der Waals surface area contributed by atoms with Crippen molar-refractivity contribution < 1.29 is 13.2 Å². The lowest BCUT2D eigenvalue weighted by atomic mass is 10.2. The van der Waals surface area contributed by atoms with Gasteiger partial charge in [0.2, 0.25) is 15.9 Å². The van der Waals surface area contributed by atoms with Gasteiger partial charge in [0.05, 0.1) is 24.7 Å². The number of aromatic nitrogens is 2. The van der Waals surface area contributed by atoms with Crippen molar-refractivity contribution in [1.29, 1.82) is 0 Å². The zero-order chi connectivity index (χ0) is 20.1. The minimum absolute atomic E-state index is 0.238. The van der Waals surface area contributed by atoms with Crippen molar-refractivity contribution >= 4 is 38.8 Å². The monoisotopic (exact) mass is 404 g/mol. The number of hydrogen-bond donors (Lipinski definition) is 2. The molecule has 1 aliphatic heterocycles. The number of anilines is 4. The van der Waals surface area contributed by atoms with Crippen molar-refractivity contribution in [3.63, 3.8) is 0 Å². The summed E-state index contributed by atoms with van der Waals surface area (Å²) in [5.41, 5.74) is 2.43. The van der Waals surface area contributed by atoms with Gasteiger partial charge >= 0.3 is 0 Å². The molecular weight excluding hydrogens is 380 g/mol. The van der Waals surface area contributed by atoms with Crippen LogP contribution in [0.15, 0.2) is 36.5 Å². The molecule has 1 aromatic carbocycles. The molecule has 1 fully saturated rings. The Balaban J connectivity index is 1.59. The van der Waals surface area contributed by atoms with Crippen molar-refractivity contribution in [3.05, 3.63) is 36.5 Å². The number of likely N-dealkylation sites (N-methyl/N-ethyl adjacent to an activating group) is 1. The fourth-order valence-electron chi connectivity index (χ4n) is 2.87. The van der Waals surface area contributed by atoms with Crippen LogP contribution in [0.25, 0.3) is 0 Å². The zero-order valence-electron chi connectivity index (χ0n) is 15.9. The maximum atomic E-state index is 12.0. The molecule has 28 heavy (non-hydrogen) atoms. The third-order valence-corrected chi connectivity index (χ3v) is 5.75. The molecule has 0 aliphatic carbocycles. The van der Waals surface area contributed by atoms with Crippen molar-refractivity contribution in [3.8, 4) is 0 Å². The van der Waals surface area contributed by atoms with E-state index in [1.807, 2.05) is 6.07 Å². The summed E-state index contributed by atoms with van der Waals surface area (Å²) < 4.78 is 23.7. The number of nitrogens with zero attached hydrogens (tertiary/aromatic N) is 4. The number of nitrogens with one attached hydrogen (secondary N) is 2. The Morgan fingerprint density at radius 1 is 1.18 bits per heavy atom. The van der Waals surface area contributed by atoms with Gasteiger partial charge in [0.15, 0.2) is 5.82 Å². The Labute approximate surface area is 164 Å². The average Bonchev–Trinajstić information content (AvgIpc) is 3.17. The number of amides is 1. The Hall–Kier alpha value is -2.72. The van der Waals surface area contributed by atoms with Crippen LogP contribution in [0, 0.1) is 0 Å². The van der Waals surface area contributed by atoms with Crippen LogP contribution in [0.4, 0.5) is 22.9 Å². The Kier molecular flexibility index (Phi) is 6.10. The molecule has 0 unspecified atom stereocenters. The van der Waals surface area contributed by atoms with Crippen molar-refractivity contribution in [2.24, 2.45) is 0 Å². The third kappa shape index (κ3) is 5.40. The molecule has 0 bridgehead atoms. The minimum Gasteiger partial charge on any atom is -0.370 e. The van der Waals surface area contributed by atoms with E-state index in [1.165, 1.54) is 19.9 Å². The molecule has 1 amide bonds. The smallest absolute Gasteiger partial charge is 0.239 e. The first-order valence-electron chi connectivity index (χ1n) is 8.97. The molecule has 0 atom stereocenters. The molecule has 2 N–H and O–H groups in total. The van der Waals surface area contributed by atoms with Gasteiger partial charge in [-0.15, -0.1) is 5.10 Å². The van der Waals surface area contributed by atoms with E-state index in [0.29, 0.717) is 11.5 Å². The first-order valence-corrected chi connectivity index (χ1v) is 10.8. The number of carbonyl (C=O) groups is 1. The van der Waals surface area contributed by atoms with Gasteiger partial charge < -0.3 is 15.5 Å². The molecule has 2 aromatic rings. The van der Waals surface area contributed by atoms with Crippen LogP contribution >= 0.6 is 0 Å². The summed E-state index contributed by atoms with van der Waals surface area (Å²) in [6.07, 6.45) is 5.21. The van der Waals surface area contributed by atoms with E-state index >= 15 is 0 Å². The van der Waals surface area contributed by atoms with E-state index in [2.05, 4.69) is 25.7 Å². The summed E-state index contributed by atoms with van der Waals surface area (Å²) >= 11 is 0. The standard InChI is InChI=1S/C18H24N6O3S/c1-23(28(2,26)27)13-18(25)21-15-7-5-14(6-8-15)20-17-11-16(12-19-22-17)24-9-3-4-10-24/h5-8,11-12H,3-4,9-10,13H2,1-2H3,(H,20,22)(H,21,25). The molecule has 150 valence electrons. The summed E-state index contributed by atoms with van der Waals surface area (Å²) in [5, 5.41) is 14.1. The maximum Gasteiger partial charge on any atom is 0.239 e. The normalized spacial score (nSPS) is 14.3. The van der Waals surface area contributed by atoms with E-state index in [0.717, 1.165) is 35.0 Å². The second-order valence-electron chi connectivity index (χ2n) is 6.76. The molecule has 2 heterocycles. The minimum atomic E-state index is -3.40. The van der Waals surface area contributed by atoms with E-state index in [4.69, 9.17) is 0 Å². The summed E-state index contributed by atoms with van der Waals surface area (Å²) in [6.45, 7) is 1.83. The third-order valence-electron chi connectivity index (χ3n) is 4.48. The summed E-state index contributed by atoms with van der Waals surface area (Å²) in [6, 6.07) is 9.05. The van der Waals surface area contributed by atoms with Gasteiger partial charge in [-0.05, 0) is 37.1 Å². The highest BCUT2D eigenvalue weighted by molar-refractivity contribution is 7.88. The van der Waals surface area contributed by atoms with Crippen LogP contribution in [0.5, 0.6) is 0 Å². The van der Waals surface area contributed by atoms with E-state index in [9.17, 15) is 13.2 Å². The van der Waals surface area contributed by atoms with Gasteiger partial charge in [0.25, 0.3) is 0 Å². The molecule has 10 heteroatoms. The van der Waals surface area contributed by atoms with Gasteiger partial charge in [-0.25, -0.2) is 8.42 Å². The topological polar surface area (TPSA) is 108 Å². The fourth-order valence-corrected chi connectivity index (χ4v) is 3.22. The quantitative estimate of drug-likeness (QED) is 0.722. The number of hydrogen-bond acceptors (Lipinski definition) is 7. The lowest BCUT2D eigenvalue weighted by Crippen LogP contribution is -2.34. The second-order valence-corrected chi connectivity index (χ2v) is 8.85. The van der Waals surface area contributed by atoms with Gasteiger partial charge in [-0.2, -0.15) is 9.40 Å². The molecule has 1 saturated heterocycles. The Bertz CT molecular complexity index is 927. The summed E-state index contributed by atoms with van der Waals surface area (Å²) in [4.78, 5) is 14.2. The lowest BCUT2D eigenvalue weighted by molar-refractivity contribution is -0.116. The number of carbonyl (C=O) groups excluding carboxylic acids is 1. The maximum absolute atomic E-state index is 12.0. The summed E-state index contributed by atoms with van der Waals surface area (Å²) in [7, 11) is -2.03. The highest BCUT2D eigenvalue weighted by atomic mass is 32.2. The zero-order valence-corrected chi connectivity index (χ0v) is 16.7. The fraction of sp³-hybridized carbons (Fsp3) is 0.389. The first-order chi connectivity index (χ1) is 13.3. The van der Waals surface area contributed by atoms with Crippen LogP contribution in [0.1, 0.15) is 12.8 Å². The predicted molar refractivity (Wildman–Crippen MR) is 109 cm³/mol. The predicted octanol–water partition coefficient (Wildman–Crippen LogP) is 1.65. The average molecular weight is 404 g/mol. The highest BCUT2D eigenvalue weighted by Gasteiger charge is 2.15. The molecule has 1 aliphatic rings.